The Labute approximate surface area is 142 Å². The van der Waals surface area contributed by atoms with Crippen molar-refractivity contribution >= 4 is 11.4 Å². The van der Waals surface area contributed by atoms with E-state index < -0.39 is 11.4 Å². The highest BCUT2D eigenvalue weighted by molar-refractivity contribution is 7.90. The molecule has 0 amide bonds. The van der Waals surface area contributed by atoms with Crippen LogP contribution in [0.2, 0.25) is 0 Å². The molecule has 1 aromatic carbocycles. The third-order valence-corrected chi connectivity index (χ3v) is 5.25. The molecule has 0 bridgehead atoms. The van der Waals surface area contributed by atoms with Crippen LogP contribution in [0.3, 0.4) is 0 Å². The first kappa shape index (κ1) is 18.0. The van der Waals surface area contributed by atoms with Crippen molar-refractivity contribution in [1.82, 2.24) is 9.71 Å². The fourth-order valence-electron chi connectivity index (χ4n) is 2.16. The lowest BCUT2D eigenvalue weighted by Crippen LogP contribution is -2.41. The van der Waals surface area contributed by atoms with E-state index in [2.05, 4.69) is 29.6 Å². The zero-order valence-corrected chi connectivity index (χ0v) is 15.4. The highest BCUT2D eigenvalue weighted by Gasteiger charge is 2.31. The minimum absolute atomic E-state index is 0.183. The minimum atomic E-state index is -1.17. The first-order chi connectivity index (χ1) is 10.8. The fraction of sp³-hybridized carbons (Fsp3) is 0.421. The Morgan fingerprint density at radius 3 is 2.13 bits per heavy atom. The van der Waals surface area contributed by atoms with Crippen molar-refractivity contribution in [3.05, 3.63) is 65.5 Å². The second kappa shape index (κ2) is 7.47. The Morgan fingerprint density at radius 1 is 1.00 bits per heavy atom. The summed E-state index contributed by atoms with van der Waals surface area (Å²) in [5, 5.41) is 0. The van der Waals surface area contributed by atoms with E-state index in [1.54, 1.807) is 0 Å². The molecule has 0 fully saturated rings. The molecule has 1 heterocycles. The average molecular weight is 330 g/mol. The van der Waals surface area contributed by atoms with Gasteiger partial charge in [0.15, 0.2) is 0 Å². The molecule has 3 nitrogen and oxygen atoms in total. The van der Waals surface area contributed by atoms with Gasteiger partial charge < -0.3 is 4.55 Å². The van der Waals surface area contributed by atoms with Gasteiger partial charge in [0.2, 0.25) is 0 Å². The lowest BCUT2D eigenvalue weighted by atomic mass is 10.0. The Morgan fingerprint density at radius 2 is 1.65 bits per heavy atom. The summed E-state index contributed by atoms with van der Waals surface area (Å²) in [6.45, 7) is 10.2. The lowest BCUT2D eigenvalue weighted by molar-refractivity contribution is 0.534. The second-order valence-corrected chi connectivity index (χ2v) is 9.01. The van der Waals surface area contributed by atoms with E-state index in [0.29, 0.717) is 5.92 Å². The second-order valence-electron chi connectivity index (χ2n) is 7.01. The van der Waals surface area contributed by atoms with Gasteiger partial charge >= 0.3 is 0 Å². The smallest absolute Gasteiger partial charge is 0.136 e. The van der Waals surface area contributed by atoms with Gasteiger partial charge in [-0.15, -0.1) is 4.72 Å². The maximum absolute atomic E-state index is 12.6. The zero-order valence-electron chi connectivity index (χ0n) is 14.5. The number of hydrogen-bond donors (Lipinski definition) is 1. The van der Waals surface area contributed by atoms with Gasteiger partial charge in [0.05, 0.1) is 5.69 Å². The molecule has 1 aromatic heterocycles. The van der Waals surface area contributed by atoms with Crippen molar-refractivity contribution in [2.24, 2.45) is 0 Å². The van der Waals surface area contributed by atoms with Crippen LogP contribution in [0.15, 0.2) is 48.7 Å². The Bertz CT molecular complexity index is 606. The van der Waals surface area contributed by atoms with Gasteiger partial charge in [0, 0.05) is 17.6 Å². The molecule has 0 aliphatic heterocycles. The first-order valence-corrected chi connectivity index (χ1v) is 9.13. The number of rotatable bonds is 5. The van der Waals surface area contributed by atoms with Crippen molar-refractivity contribution in [3.63, 3.8) is 0 Å². The van der Waals surface area contributed by atoms with E-state index in [1.165, 1.54) is 5.56 Å². The van der Waals surface area contributed by atoms with Crippen LogP contribution in [0, 0.1) is 0 Å². The van der Waals surface area contributed by atoms with Crippen LogP contribution >= 0.6 is 0 Å². The highest BCUT2D eigenvalue weighted by atomic mass is 32.2. The van der Waals surface area contributed by atoms with E-state index in [1.807, 2.05) is 63.4 Å². The molecule has 4 heteroatoms. The highest BCUT2D eigenvalue weighted by Crippen LogP contribution is 2.25. The van der Waals surface area contributed by atoms with Gasteiger partial charge in [-0.25, -0.2) is 0 Å². The van der Waals surface area contributed by atoms with Crippen molar-refractivity contribution in [1.29, 1.82) is 0 Å². The van der Waals surface area contributed by atoms with Gasteiger partial charge in [0.25, 0.3) is 0 Å². The number of benzene rings is 1. The van der Waals surface area contributed by atoms with E-state index >= 15 is 0 Å². The molecule has 124 valence electrons. The summed E-state index contributed by atoms with van der Waals surface area (Å²) in [5.74, 6) is 0.448. The van der Waals surface area contributed by atoms with E-state index in [4.69, 9.17) is 0 Å². The van der Waals surface area contributed by atoms with Crippen LogP contribution in [0.25, 0.3) is 0 Å². The molecular formula is C19H26N2OS. The monoisotopic (exact) mass is 330 g/mol. The number of nitrogens with zero attached hydrogens (tertiary/aromatic N) is 1. The van der Waals surface area contributed by atoms with Crippen LogP contribution in [0.1, 0.15) is 63.4 Å². The van der Waals surface area contributed by atoms with Crippen molar-refractivity contribution in [2.75, 3.05) is 0 Å². The number of nitrogens with one attached hydrogen (secondary N) is 1. The standard InChI is InChI=1S/C19H26N2OS/c1-14(2)16-11-12-17(20-13-16)18(15-9-7-6-8-10-15)21-23(22)19(3,4)5/h6-14,18,21H,1-5H3/t18?,23-/m0/s1. The van der Waals surface area contributed by atoms with Gasteiger partial charge in [0.1, 0.15) is 10.8 Å². The van der Waals surface area contributed by atoms with E-state index in [9.17, 15) is 4.55 Å². The number of pyridine rings is 1. The molecular weight excluding hydrogens is 304 g/mol. The first-order valence-electron chi connectivity index (χ1n) is 7.98. The molecule has 1 N–H and O–H groups in total. The fourth-order valence-corrected chi connectivity index (χ4v) is 2.98. The van der Waals surface area contributed by atoms with Crippen LogP contribution < -0.4 is 4.72 Å². The quantitative estimate of drug-likeness (QED) is 0.829. The molecule has 2 aromatic rings. The molecule has 0 saturated carbocycles. The number of hydrogen-bond acceptors (Lipinski definition) is 3. The average Bonchev–Trinajstić information content (AvgIpc) is 2.52. The molecule has 0 aliphatic carbocycles. The van der Waals surface area contributed by atoms with Gasteiger partial charge in [-0.2, -0.15) is 0 Å². The summed E-state index contributed by atoms with van der Waals surface area (Å²) in [7, 11) is 0. The summed E-state index contributed by atoms with van der Waals surface area (Å²) in [5.41, 5.74) is 3.16. The summed E-state index contributed by atoms with van der Waals surface area (Å²) in [6.07, 6.45) is 1.91. The summed E-state index contributed by atoms with van der Waals surface area (Å²) in [4.78, 5) is 4.61. The molecule has 0 saturated heterocycles. The van der Waals surface area contributed by atoms with Crippen molar-refractivity contribution < 1.29 is 4.55 Å². The van der Waals surface area contributed by atoms with Crippen LogP contribution in [0.5, 0.6) is 0 Å². The van der Waals surface area contributed by atoms with E-state index in [0.717, 1.165) is 11.3 Å². The predicted molar refractivity (Wildman–Crippen MR) is 97.6 cm³/mol. The lowest BCUT2D eigenvalue weighted by Gasteiger charge is -2.28. The maximum atomic E-state index is 12.6. The molecule has 1 unspecified atom stereocenters. The topological polar surface area (TPSA) is 48.0 Å². The minimum Gasteiger partial charge on any atom is -0.598 e. The molecule has 0 spiro atoms. The van der Waals surface area contributed by atoms with Crippen LogP contribution in [-0.2, 0) is 11.4 Å². The third kappa shape index (κ3) is 4.80. The Balaban J connectivity index is 2.33. The maximum Gasteiger partial charge on any atom is 0.136 e. The molecule has 23 heavy (non-hydrogen) atoms. The van der Waals surface area contributed by atoms with Crippen LogP contribution in [-0.4, -0.2) is 14.3 Å². The van der Waals surface area contributed by atoms with Crippen molar-refractivity contribution in [2.45, 2.75) is 51.3 Å². The van der Waals surface area contributed by atoms with Gasteiger partial charge in [-0.1, -0.05) is 50.2 Å². The zero-order chi connectivity index (χ0) is 17.0. The number of aromatic nitrogens is 1. The van der Waals surface area contributed by atoms with Crippen LogP contribution in [0.4, 0.5) is 0 Å². The third-order valence-electron chi connectivity index (χ3n) is 3.69. The normalized spacial score (nSPS) is 14.7. The summed E-state index contributed by atoms with van der Waals surface area (Å²) in [6, 6.07) is 14.0. The van der Waals surface area contributed by atoms with Gasteiger partial charge in [-0.3, -0.25) is 4.98 Å². The SMILES string of the molecule is CC(C)c1ccc(C(N[S@@+]([O-])C(C)(C)C)c2ccccc2)nc1. The Hall–Kier alpha value is -1.36. The van der Waals surface area contributed by atoms with Crippen molar-refractivity contribution in [3.8, 4) is 0 Å². The van der Waals surface area contributed by atoms with E-state index in [-0.39, 0.29) is 10.8 Å². The molecule has 0 aliphatic rings. The van der Waals surface area contributed by atoms with Gasteiger partial charge in [-0.05, 0) is 43.9 Å². The molecule has 2 atom stereocenters. The molecule has 2 rings (SSSR count). The summed E-state index contributed by atoms with van der Waals surface area (Å²) < 4.78 is 15.5. The summed E-state index contributed by atoms with van der Waals surface area (Å²) >= 11 is -1.17. The predicted octanol–water partition coefficient (Wildman–Crippen LogP) is 4.35. The molecule has 0 radical (unpaired) electrons. The largest absolute Gasteiger partial charge is 0.598 e. The Kier molecular flexibility index (Phi) is 5.84.